The van der Waals surface area contributed by atoms with Crippen molar-refractivity contribution >= 4 is 48.0 Å². The molecule has 0 radical (unpaired) electrons. The molecule has 2 aromatic rings. The van der Waals surface area contributed by atoms with Crippen LogP contribution in [-0.2, 0) is 11.8 Å². The van der Waals surface area contributed by atoms with E-state index in [2.05, 4.69) is 32.9 Å². The number of hydrogen-bond acceptors (Lipinski definition) is 6. The van der Waals surface area contributed by atoms with Gasteiger partial charge in [-0.05, 0) is 57.2 Å². The number of carbonyl (C=O) groups is 1. The fraction of sp³-hybridized carbons (Fsp3) is 0.545. The Hall–Kier alpha value is -2.34. The third kappa shape index (κ3) is 4.29. The maximum absolute atomic E-state index is 13.1. The predicted octanol–water partition coefficient (Wildman–Crippen LogP) is 3.53. The molecule has 4 heterocycles. The van der Waals surface area contributed by atoms with Gasteiger partial charge in [0.15, 0.2) is 5.82 Å². The van der Waals surface area contributed by atoms with Gasteiger partial charge in [0.1, 0.15) is 11.2 Å². The molecule has 3 aliphatic rings. The van der Waals surface area contributed by atoms with Crippen molar-refractivity contribution < 1.29 is 4.79 Å². The number of rotatable bonds is 5. The van der Waals surface area contributed by atoms with Crippen LogP contribution in [0.2, 0.25) is 0 Å². The topological polar surface area (TPSA) is 98.9 Å². The largest absolute Gasteiger partial charge is 0.323 e. The molecular weight excluding hydrogens is 449 g/mol. The van der Waals surface area contributed by atoms with Crippen LogP contribution >= 0.6 is 24.8 Å². The third-order valence-electron chi connectivity index (χ3n) is 6.82. The van der Waals surface area contributed by atoms with Gasteiger partial charge >= 0.3 is 0 Å². The van der Waals surface area contributed by atoms with Gasteiger partial charge in [0.25, 0.3) is 0 Å². The zero-order chi connectivity index (χ0) is 20.7. The zero-order valence-corrected chi connectivity index (χ0v) is 19.7. The summed E-state index contributed by atoms with van der Waals surface area (Å²) in [6, 6.07) is 8.15. The van der Waals surface area contributed by atoms with Gasteiger partial charge < -0.3 is 15.5 Å². The Kier molecular flexibility index (Phi) is 7.33. The Morgan fingerprint density at radius 3 is 2.62 bits per heavy atom. The quantitative estimate of drug-likeness (QED) is 0.683. The monoisotopic (exact) mass is 477 g/mol. The highest BCUT2D eigenvalue weighted by Crippen LogP contribution is 2.51. The van der Waals surface area contributed by atoms with Crippen LogP contribution in [0.3, 0.4) is 0 Å². The molecule has 0 aromatic carbocycles. The maximum Gasteiger partial charge on any atom is 0.247 e. The number of carbonyl (C=O) groups excluding carboxylic acids is 1. The van der Waals surface area contributed by atoms with E-state index in [-0.39, 0.29) is 36.6 Å². The summed E-state index contributed by atoms with van der Waals surface area (Å²) >= 11 is 0. The van der Waals surface area contributed by atoms with Crippen LogP contribution in [0.25, 0.3) is 0 Å². The lowest BCUT2D eigenvalue weighted by Crippen LogP contribution is -2.35. The summed E-state index contributed by atoms with van der Waals surface area (Å²) in [4.78, 5) is 19.2. The minimum atomic E-state index is -0.832. The molecule has 8 nitrogen and oxygen atoms in total. The number of nitriles is 1. The molecule has 2 saturated heterocycles. The molecule has 0 spiro atoms. The van der Waals surface area contributed by atoms with E-state index in [1.54, 1.807) is 11.1 Å². The summed E-state index contributed by atoms with van der Waals surface area (Å²) < 4.78 is 1.95. The molecule has 1 aliphatic carbocycles. The highest BCUT2D eigenvalue weighted by Gasteiger charge is 2.56. The lowest BCUT2D eigenvalue weighted by molar-refractivity contribution is -0.123. The van der Waals surface area contributed by atoms with Crippen molar-refractivity contribution in [2.24, 2.45) is 18.4 Å². The molecule has 1 atom stereocenters. The summed E-state index contributed by atoms with van der Waals surface area (Å²) in [5.41, 5.74) is 1.18. The van der Waals surface area contributed by atoms with Gasteiger partial charge in [-0.15, -0.1) is 24.8 Å². The number of halogens is 2. The number of aryl methyl sites for hydroxylation is 1. The molecule has 3 fully saturated rings. The molecule has 32 heavy (non-hydrogen) atoms. The van der Waals surface area contributed by atoms with E-state index >= 15 is 0 Å². The number of piperidine rings is 1. The molecule has 1 saturated carbocycles. The SMILES string of the molecule is Cl.Cl.Cn1nc(Nc2cc(N3CC[C@@](C#N)(C4CC4)C3=O)ccn2)cc1C1CCNCC1. The molecular formula is C22H29Cl2N7O. The first-order valence-corrected chi connectivity index (χ1v) is 10.8. The van der Waals surface area contributed by atoms with Crippen LogP contribution in [0.15, 0.2) is 24.4 Å². The molecule has 10 heteroatoms. The Bertz CT molecular complexity index is 1010. The zero-order valence-electron chi connectivity index (χ0n) is 18.1. The van der Waals surface area contributed by atoms with Gasteiger partial charge in [0.05, 0.1) is 6.07 Å². The van der Waals surface area contributed by atoms with Gasteiger partial charge in [-0.3, -0.25) is 9.48 Å². The van der Waals surface area contributed by atoms with Crippen molar-refractivity contribution in [3.8, 4) is 6.07 Å². The number of nitrogens with zero attached hydrogens (tertiary/aromatic N) is 5. The van der Waals surface area contributed by atoms with Gasteiger partial charge in [-0.25, -0.2) is 4.98 Å². The van der Waals surface area contributed by atoms with Crippen molar-refractivity contribution in [3.05, 3.63) is 30.1 Å². The second-order valence-electron chi connectivity index (χ2n) is 8.69. The number of amides is 1. The lowest BCUT2D eigenvalue weighted by atomic mass is 9.83. The highest BCUT2D eigenvalue weighted by molar-refractivity contribution is 6.02. The summed E-state index contributed by atoms with van der Waals surface area (Å²) in [6.07, 6.45) is 6.50. The van der Waals surface area contributed by atoms with E-state index in [1.807, 2.05) is 23.9 Å². The number of aromatic nitrogens is 3. The molecule has 172 valence electrons. The normalized spacial score (nSPS) is 23.2. The Morgan fingerprint density at radius 1 is 1.19 bits per heavy atom. The lowest BCUT2D eigenvalue weighted by Gasteiger charge is -2.22. The minimum absolute atomic E-state index is 0. The van der Waals surface area contributed by atoms with Crippen LogP contribution in [0.4, 0.5) is 17.3 Å². The van der Waals surface area contributed by atoms with E-state index in [9.17, 15) is 10.1 Å². The summed E-state index contributed by atoms with van der Waals surface area (Å²) in [6.45, 7) is 2.66. The van der Waals surface area contributed by atoms with Crippen molar-refractivity contribution in [1.29, 1.82) is 5.26 Å². The first kappa shape index (κ1) is 24.3. The van der Waals surface area contributed by atoms with Crippen molar-refractivity contribution in [1.82, 2.24) is 20.1 Å². The first-order valence-electron chi connectivity index (χ1n) is 10.8. The van der Waals surface area contributed by atoms with E-state index in [4.69, 9.17) is 0 Å². The van der Waals surface area contributed by atoms with Crippen LogP contribution in [-0.4, -0.2) is 40.3 Å². The molecule has 2 aliphatic heterocycles. The standard InChI is InChI=1S/C22H27N7O.2ClH/c1-28-18(15-4-8-24-9-5-15)13-20(27-28)26-19-12-17(6-10-25-19)29-11-7-22(14-23,21(29)30)16-2-3-16;;/h6,10,12-13,15-16,24H,2-5,7-9,11H2,1H3,(H,25,26,27);2*1H/t22-;;/m1../s1. The number of pyridine rings is 1. The third-order valence-corrected chi connectivity index (χ3v) is 6.82. The van der Waals surface area contributed by atoms with Gasteiger partial charge in [-0.1, -0.05) is 0 Å². The van der Waals surface area contributed by atoms with Gasteiger partial charge in [-0.2, -0.15) is 10.4 Å². The van der Waals surface area contributed by atoms with Crippen molar-refractivity contribution in [2.75, 3.05) is 29.9 Å². The Balaban J connectivity index is 0.00000144. The second-order valence-corrected chi connectivity index (χ2v) is 8.69. The van der Waals surface area contributed by atoms with Crippen molar-refractivity contribution in [2.45, 2.75) is 38.0 Å². The average Bonchev–Trinajstić information content (AvgIpc) is 3.48. The predicted molar refractivity (Wildman–Crippen MR) is 128 cm³/mol. The Morgan fingerprint density at radius 2 is 1.94 bits per heavy atom. The van der Waals surface area contributed by atoms with E-state index < -0.39 is 5.41 Å². The number of hydrogen-bond donors (Lipinski definition) is 2. The molecule has 0 unspecified atom stereocenters. The highest BCUT2D eigenvalue weighted by atomic mass is 35.5. The van der Waals surface area contributed by atoms with E-state index in [0.717, 1.165) is 50.3 Å². The number of nitrogens with one attached hydrogen (secondary N) is 2. The van der Waals surface area contributed by atoms with Crippen molar-refractivity contribution in [3.63, 3.8) is 0 Å². The smallest absolute Gasteiger partial charge is 0.247 e. The summed E-state index contributed by atoms with van der Waals surface area (Å²) in [5.74, 6) is 2.09. The fourth-order valence-electron chi connectivity index (χ4n) is 4.96. The van der Waals surface area contributed by atoms with Crippen LogP contribution in [0.1, 0.15) is 43.7 Å². The second kappa shape index (κ2) is 9.65. The van der Waals surface area contributed by atoms with E-state index in [1.165, 1.54) is 5.69 Å². The van der Waals surface area contributed by atoms with Gasteiger partial charge in [0, 0.05) is 49.2 Å². The number of anilines is 3. The van der Waals surface area contributed by atoms with E-state index in [0.29, 0.717) is 24.7 Å². The van der Waals surface area contributed by atoms with Crippen LogP contribution in [0.5, 0.6) is 0 Å². The average molecular weight is 478 g/mol. The van der Waals surface area contributed by atoms with Gasteiger partial charge in [0.2, 0.25) is 5.91 Å². The van der Waals surface area contributed by atoms with Crippen LogP contribution < -0.4 is 15.5 Å². The summed E-state index contributed by atoms with van der Waals surface area (Å²) in [5, 5.41) is 21.0. The maximum atomic E-state index is 13.1. The molecule has 1 amide bonds. The molecule has 2 N–H and O–H groups in total. The first-order chi connectivity index (χ1) is 14.6. The molecule has 5 rings (SSSR count). The summed E-state index contributed by atoms with van der Waals surface area (Å²) in [7, 11) is 1.98. The minimum Gasteiger partial charge on any atom is -0.323 e. The fourth-order valence-corrected chi connectivity index (χ4v) is 4.96. The molecule has 0 bridgehead atoms. The molecule has 2 aromatic heterocycles. The van der Waals surface area contributed by atoms with Crippen LogP contribution in [0, 0.1) is 22.7 Å². The Labute approximate surface area is 200 Å².